The third kappa shape index (κ3) is 3.87. The van der Waals surface area contributed by atoms with Gasteiger partial charge in [0.15, 0.2) is 17.3 Å². The van der Waals surface area contributed by atoms with Gasteiger partial charge in [0.2, 0.25) is 6.10 Å². The van der Waals surface area contributed by atoms with Crippen molar-refractivity contribution in [3.05, 3.63) is 77.6 Å². The number of ketones is 1. The first-order valence-electron chi connectivity index (χ1n) is 10.1. The molecule has 0 saturated carbocycles. The van der Waals surface area contributed by atoms with Gasteiger partial charge in [0.1, 0.15) is 12.4 Å². The van der Waals surface area contributed by atoms with Gasteiger partial charge in [0.25, 0.3) is 11.1 Å². The molecule has 32 heavy (non-hydrogen) atoms. The van der Waals surface area contributed by atoms with E-state index in [1.807, 2.05) is 66.9 Å². The minimum atomic E-state index is -0.486. The number of Topliss-reactive ketones (excluding diaryl/α,β-unsaturated/α-hetero) is 1. The number of fused-ring (bicyclic) bond motifs is 1. The van der Waals surface area contributed by atoms with Crippen molar-refractivity contribution in [2.24, 2.45) is 0 Å². The maximum absolute atomic E-state index is 12.9. The summed E-state index contributed by atoms with van der Waals surface area (Å²) in [6.07, 6.45) is 1.25. The van der Waals surface area contributed by atoms with Crippen LogP contribution in [0, 0.1) is 13.8 Å². The summed E-state index contributed by atoms with van der Waals surface area (Å²) in [5.74, 6) is 2.59. The summed E-state index contributed by atoms with van der Waals surface area (Å²) in [6.45, 7) is 4.16. The van der Waals surface area contributed by atoms with E-state index in [1.54, 1.807) is 6.20 Å². The zero-order valence-corrected chi connectivity index (χ0v) is 18.3. The van der Waals surface area contributed by atoms with Crippen LogP contribution in [0.25, 0.3) is 5.82 Å². The van der Waals surface area contributed by atoms with Crippen LogP contribution in [0.15, 0.2) is 64.4 Å². The molecule has 0 unspecified atom stereocenters. The summed E-state index contributed by atoms with van der Waals surface area (Å²) in [4.78, 5) is 17.3. The molecule has 1 aliphatic heterocycles. The Kier molecular flexibility index (Phi) is 5.40. The molecule has 0 spiro atoms. The van der Waals surface area contributed by atoms with Gasteiger partial charge >= 0.3 is 0 Å². The second-order valence-corrected chi connectivity index (χ2v) is 8.22. The van der Waals surface area contributed by atoms with Crippen molar-refractivity contribution in [3.8, 4) is 17.3 Å². The maximum atomic E-state index is 12.9. The van der Waals surface area contributed by atoms with Gasteiger partial charge in [-0.05, 0) is 44.2 Å². The number of hydrogen-bond acceptors (Lipinski definition) is 8. The highest BCUT2D eigenvalue weighted by atomic mass is 32.2. The van der Waals surface area contributed by atoms with Gasteiger partial charge in [0.05, 0.1) is 5.75 Å². The first-order chi connectivity index (χ1) is 15.6. The highest BCUT2D eigenvalue weighted by Gasteiger charge is 2.27. The van der Waals surface area contributed by atoms with Gasteiger partial charge < -0.3 is 18.5 Å². The molecule has 9 heteroatoms. The third-order valence-corrected chi connectivity index (χ3v) is 5.96. The Labute approximate surface area is 188 Å². The van der Waals surface area contributed by atoms with Crippen LogP contribution in [-0.4, -0.2) is 37.9 Å². The van der Waals surface area contributed by atoms with Crippen LogP contribution in [0.4, 0.5) is 0 Å². The zero-order valence-electron chi connectivity index (χ0n) is 17.5. The molecule has 0 aliphatic carbocycles. The molecule has 8 nitrogen and oxygen atoms in total. The predicted molar refractivity (Wildman–Crippen MR) is 118 cm³/mol. The molecule has 4 heterocycles. The van der Waals surface area contributed by atoms with Crippen molar-refractivity contribution in [2.45, 2.75) is 25.2 Å². The van der Waals surface area contributed by atoms with E-state index >= 15 is 0 Å². The Balaban J connectivity index is 1.26. The van der Waals surface area contributed by atoms with Crippen molar-refractivity contribution in [1.29, 1.82) is 0 Å². The Hall–Kier alpha value is -3.59. The molecular formula is C23H20N4O4S. The Morgan fingerprint density at radius 3 is 2.75 bits per heavy atom. The molecule has 1 atom stereocenters. The minimum absolute atomic E-state index is 0.0174. The fraction of sp³-hybridized carbons (Fsp3) is 0.217. The van der Waals surface area contributed by atoms with Gasteiger partial charge in [-0.2, -0.15) is 0 Å². The van der Waals surface area contributed by atoms with E-state index in [9.17, 15) is 4.79 Å². The van der Waals surface area contributed by atoms with Crippen molar-refractivity contribution in [2.75, 3.05) is 12.4 Å². The van der Waals surface area contributed by atoms with E-state index in [4.69, 9.17) is 13.9 Å². The number of aryl methyl sites for hydroxylation is 1. The SMILES string of the molecule is Cc1cc(C(=O)CSc2nnc([C@@H]3COc4ccccc4O3)o2)c(C)n1-c1ccccn1. The fourth-order valence-corrected chi connectivity index (χ4v) is 4.29. The number of hydrogen-bond donors (Lipinski definition) is 0. The number of aromatic nitrogens is 4. The molecule has 1 aromatic carbocycles. The molecule has 3 aromatic heterocycles. The minimum Gasteiger partial charge on any atom is -0.485 e. The van der Waals surface area contributed by atoms with E-state index in [0.717, 1.165) is 17.2 Å². The average Bonchev–Trinajstić information content (AvgIpc) is 3.42. The number of ether oxygens (including phenoxy) is 2. The second-order valence-electron chi connectivity index (χ2n) is 7.29. The molecule has 5 rings (SSSR count). The Morgan fingerprint density at radius 2 is 1.94 bits per heavy atom. The molecular weight excluding hydrogens is 428 g/mol. The normalized spacial score (nSPS) is 15.0. The lowest BCUT2D eigenvalue weighted by molar-refractivity contribution is 0.0686. The van der Waals surface area contributed by atoms with Crippen LogP contribution < -0.4 is 9.47 Å². The first-order valence-corrected chi connectivity index (χ1v) is 11.1. The Morgan fingerprint density at radius 1 is 1.12 bits per heavy atom. The molecule has 4 aromatic rings. The van der Waals surface area contributed by atoms with Crippen molar-refractivity contribution >= 4 is 17.5 Å². The zero-order chi connectivity index (χ0) is 22.1. The summed E-state index contributed by atoms with van der Waals surface area (Å²) in [6, 6.07) is 15.0. The third-order valence-electron chi connectivity index (χ3n) is 5.14. The van der Waals surface area contributed by atoms with Gasteiger partial charge in [-0.15, -0.1) is 10.2 Å². The Bertz CT molecular complexity index is 1270. The average molecular weight is 449 g/mol. The summed E-state index contributed by atoms with van der Waals surface area (Å²) in [7, 11) is 0. The van der Waals surface area contributed by atoms with E-state index in [-0.39, 0.29) is 18.1 Å². The van der Waals surface area contributed by atoms with E-state index in [2.05, 4.69) is 15.2 Å². The van der Waals surface area contributed by atoms with Crippen molar-refractivity contribution in [1.82, 2.24) is 19.7 Å². The standard InChI is InChI=1S/C23H20N4O4S/c1-14-11-16(15(2)27(14)21-9-5-6-10-24-21)17(28)13-32-23-26-25-22(31-23)20-12-29-18-7-3-4-8-19(18)30-20/h3-11,20H,12-13H2,1-2H3/t20-/m0/s1. The topological polar surface area (TPSA) is 92.3 Å². The number of nitrogens with zero attached hydrogens (tertiary/aromatic N) is 4. The molecule has 162 valence electrons. The highest BCUT2D eigenvalue weighted by molar-refractivity contribution is 7.99. The second kappa shape index (κ2) is 8.51. The fourth-order valence-electron chi connectivity index (χ4n) is 3.64. The van der Waals surface area contributed by atoms with Crippen LogP contribution in [0.1, 0.15) is 33.7 Å². The smallest absolute Gasteiger partial charge is 0.277 e. The summed E-state index contributed by atoms with van der Waals surface area (Å²) >= 11 is 1.20. The number of carbonyl (C=O) groups excluding carboxylic acids is 1. The monoisotopic (exact) mass is 448 g/mol. The molecule has 0 amide bonds. The molecule has 0 saturated heterocycles. The molecule has 1 aliphatic rings. The molecule has 0 fully saturated rings. The predicted octanol–water partition coefficient (Wildman–Crippen LogP) is 4.36. The van der Waals surface area contributed by atoms with Gasteiger partial charge in [-0.25, -0.2) is 4.98 Å². The number of para-hydroxylation sites is 2. The van der Waals surface area contributed by atoms with Gasteiger partial charge in [-0.3, -0.25) is 4.79 Å². The van der Waals surface area contributed by atoms with E-state index in [0.29, 0.717) is 28.2 Å². The van der Waals surface area contributed by atoms with Crippen LogP contribution in [0.3, 0.4) is 0 Å². The largest absolute Gasteiger partial charge is 0.485 e. The number of benzene rings is 1. The van der Waals surface area contributed by atoms with Crippen LogP contribution in [0.5, 0.6) is 11.5 Å². The van der Waals surface area contributed by atoms with Crippen LogP contribution in [-0.2, 0) is 0 Å². The van der Waals surface area contributed by atoms with Gasteiger partial charge in [-0.1, -0.05) is 30.0 Å². The maximum Gasteiger partial charge on any atom is 0.277 e. The number of carbonyl (C=O) groups is 1. The molecule has 0 bridgehead atoms. The summed E-state index contributed by atoms with van der Waals surface area (Å²) < 4.78 is 19.3. The first kappa shape index (κ1) is 20.3. The lowest BCUT2D eigenvalue weighted by Crippen LogP contribution is -2.21. The molecule has 0 radical (unpaired) electrons. The molecule has 0 N–H and O–H groups in total. The lowest BCUT2D eigenvalue weighted by atomic mass is 10.2. The summed E-state index contributed by atoms with van der Waals surface area (Å²) in [5, 5.41) is 8.44. The van der Waals surface area contributed by atoms with Crippen molar-refractivity contribution < 1.29 is 18.7 Å². The van der Waals surface area contributed by atoms with Crippen LogP contribution >= 0.6 is 11.8 Å². The van der Waals surface area contributed by atoms with E-state index in [1.165, 1.54) is 11.8 Å². The summed E-state index contributed by atoms with van der Waals surface area (Å²) in [5.41, 5.74) is 2.45. The van der Waals surface area contributed by atoms with Gasteiger partial charge in [0, 0.05) is 23.1 Å². The van der Waals surface area contributed by atoms with Crippen molar-refractivity contribution in [3.63, 3.8) is 0 Å². The highest BCUT2D eigenvalue weighted by Crippen LogP contribution is 2.36. The quantitative estimate of drug-likeness (QED) is 0.317. The number of rotatable bonds is 6. The lowest BCUT2D eigenvalue weighted by Gasteiger charge is -2.23. The van der Waals surface area contributed by atoms with E-state index < -0.39 is 6.10 Å². The number of thioether (sulfide) groups is 1. The van der Waals surface area contributed by atoms with Crippen LogP contribution in [0.2, 0.25) is 0 Å². The number of pyridine rings is 1.